The van der Waals surface area contributed by atoms with Gasteiger partial charge in [0.05, 0.1) is 0 Å². The van der Waals surface area contributed by atoms with E-state index in [9.17, 15) is 0 Å². The third kappa shape index (κ3) is 4.66. The fraction of sp³-hybridized carbons (Fsp3) is 0.500. The lowest BCUT2D eigenvalue weighted by Crippen LogP contribution is -2.09. The lowest BCUT2D eigenvalue weighted by Gasteiger charge is -2.22. The molecule has 0 aliphatic rings. The Balaban J connectivity index is 3.58. The summed E-state index contributed by atoms with van der Waals surface area (Å²) in [4.78, 5) is 0. The summed E-state index contributed by atoms with van der Waals surface area (Å²) in [7, 11) is 0. The van der Waals surface area contributed by atoms with E-state index in [2.05, 4.69) is 66.7 Å². The van der Waals surface area contributed by atoms with Gasteiger partial charge in [0.15, 0.2) is 0 Å². The average molecular weight is 300 g/mol. The second-order valence-electron chi connectivity index (χ2n) is 7.27. The molecule has 122 valence electrons. The molecule has 1 aromatic carbocycles. The van der Waals surface area contributed by atoms with Crippen LogP contribution in [-0.4, -0.2) is 0 Å². The van der Waals surface area contributed by atoms with Crippen molar-refractivity contribution in [3.05, 3.63) is 33.9 Å². The van der Waals surface area contributed by atoms with Crippen LogP contribution in [0, 0.1) is 5.92 Å². The smallest absolute Gasteiger partial charge is 0.0444 e. The largest absolute Gasteiger partial charge is 0.398 e. The minimum absolute atomic E-state index is 0.356. The Morgan fingerprint density at radius 3 is 1.64 bits per heavy atom. The minimum atomic E-state index is 0.356. The molecule has 1 atom stereocenters. The van der Waals surface area contributed by atoms with Gasteiger partial charge in [-0.25, -0.2) is 0 Å². The normalized spacial score (nSPS) is 12.2. The second kappa shape index (κ2) is 7.53. The predicted molar refractivity (Wildman–Crippen MR) is 102 cm³/mol. The first-order chi connectivity index (χ1) is 10.1. The Labute approximate surface area is 136 Å². The van der Waals surface area contributed by atoms with Crippen molar-refractivity contribution in [2.75, 3.05) is 11.5 Å². The van der Waals surface area contributed by atoms with Crippen molar-refractivity contribution >= 4 is 23.5 Å². The zero-order valence-corrected chi connectivity index (χ0v) is 15.2. The number of benzene rings is 1. The molecule has 1 unspecified atom stereocenters. The SMILES string of the molecule is CC(C)=Cc1cc(C=C(C)C)c(N)c(C(C)CC(C)C)c1N. The van der Waals surface area contributed by atoms with Crippen LogP contribution in [0.3, 0.4) is 0 Å². The lowest BCUT2D eigenvalue weighted by atomic mass is 9.86. The standard InChI is InChI=1S/C20H32N2/c1-12(2)8-15(7)18-19(21)16(9-13(3)4)11-17(20(18)22)10-14(5)6/h9-12,15H,8,21-22H2,1-7H3. The highest BCUT2D eigenvalue weighted by atomic mass is 14.6. The van der Waals surface area contributed by atoms with Crippen molar-refractivity contribution in [2.24, 2.45) is 5.92 Å². The summed E-state index contributed by atoms with van der Waals surface area (Å²) in [5, 5.41) is 0. The Hall–Kier alpha value is -1.70. The molecule has 22 heavy (non-hydrogen) atoms. The topological polar surface area (TPSA) is 52.0 Å². The first kappa shape index (κ1) is 18.3. The number of nitrogens with two attached hydrogens (primary N) is 2. The van der Waals surface area contributed by atoms with E-state index in [0.29, 0.717) is 11.8 Å². The van der Waals surface area contributed by atoms with Crippen LogP contribution < -0.4 is 11.5 Å². The molecule has 0 radical (unpaired) electrons. The van der Waals surface area contributed by atoms with Crippen molar-refractivity contribution < 1.29 is 0 Å². The summed E-state index contributed by atoms with van der Waals surface area (Å²) < 4.78 is 0. The molecular formula is C20H32N2. The van der Waals surface area contributed by atoms with Gasteiger partial charge in [-0.1, -0.05) is 44.1 Å². The predicted octanol–water partition coefficient (Wildman–Crippen LogP) is 5.85. The van der Waals surface area contributed by atoms with Gasteiger partial charge >= 0.3 is 0 Å². The minimum Gasteiger partial charge on any atom is -0.398 e. The molecule has 0 aromatic heterocycles. The Bertz CT molecular complexity index is 542. The summed E-state index contributed by atoms with van der Waals surface area (Å²) >= 11 is 0. The molecule has 0 aliphatic carbocycles. The fourth-order valence-electron chi connectivity index (χ4n) is 3.00. The molecule has 2 nitrogen and oxygen atoms in total. The van der Waals surface area contributed by atoms with E-state index in [4.69, 9.17) is 11.5 Å². The van der Waals surface area contributed by atoms with E-state index < -0.39 is 0 Å². The zero-order chi connectivity index (χ0) is 17.0. The van der Waals surface area contributed by atoms with Gasteiger partial charge in [-0.15, -0.1) is 0 Å². The fourth-order valence-corrected chi connectivity index (χ4v) is 3.00. The van der Waals surface area contributed by atoms with Gasteiger partial charge in [-0.2, -0.15) is 0 Å². The molecule has 0 amide bonds. The summed E-state index contributed by atoms with van der Waals surface area (Å²) in [6, 6.07) is 2.11. The van der Waals surface area contributed by atoms with Crippen LogP contribution in [0.15, 0.2) is 17.2 Å². The third-order valence-electron chi connectivity index (χ3n) is 3.72. The molecule has 0 saturated heterocycles. The maximum atomic E-state index is 6.46. The number of anilines is 2. The monoisotopic (exact) mass is 300 g/mol. The molecule has 2 heteroatoms. The van der Waals surface area contributed by atoms with E-state index in [1.54, 1.807) is 0 Å². The van der Waals surface area contributed by atoms with Crippen LogP contribution >= 0.6 is 0 Å². The van der Waals surface area contributed by atoms with Gasteiger partial charge < -0.3 is 11.5 Å². The second-order valence-corrected chi connectivity index (χ2v) is 7.27. The highest BCUT2D eigenvalue weighted by Gasteiger charge is 2.18. The molecule has 0 spiro atoms. The van der Waals surface area contributed by atoms with Crippen LogP contribution in [0.2, 0.25) is 0 Å². The molecular weight excluding hydrogens is 268 g/mol. The van der Waals surface area contributed by atoms with Crippen molar-refractivity contribution in [1.29, 1.82) is 0 Å². The maximum absolute atomic E-state index is 6.46. The molecule has 0 saturated carbocycles. The molecule has 1 aromatic rings. The van der Waals surface area contributed by atoms with Gasteiger partial charge in [0.2, 0.25) is 0 Å². The number of nitrogen functional groups attached to an aromatic ring is 2. The Kier molecular flexibility index (Phi) is 6.28. The molecule has 1 rings (SSSR count). The number of hydrogen-bond donors (Lipinski definition) is 2. The number of hydrogen-bond acceptors (Lipinski definition) is 2. The summed E-state index contributed by atoms with van der Waals surface area (Å²) in [6.45, 7) is 15.1. The van der Waals surface area contributed by atoms with Gasteiger partial charge in [0.25, 0.3) is 0 Å². The molecule has 0 aliphatic heterocycles. The Morgan fingerprint density at radius 1 is 0.909 bits per heavy atom. The van der Waals surface area contributed by atoms with E-state index in [1.165, 1.54) is 11.1 Å². The van der Waals surface area contributed by atoms with Crippen molar-refractivity contribution in [2.45, 2.75) is 60.8 Å². The lowest BCUT2D eigenvalue weighted by molar-refractivity contribution is 0.525. The van der Waals surface area contributed by atoms with E-state index in [-0.39, 0.29) is 0 Å². The third-order valence-corrected chi connectivity index (χ3v) is 3.72. The van der Waals surface area contributed by atoms with Crippen LogP contribution in [0.4, 0.5) is 11.4 Å². The summed E-state index contributed by atoms with van der Waals surface area (Å²) in [5.74, 6) is 0.975. The van der Waals surface area contributed by atoms with Crippen molar-refractivity contribution in [3.63, 3.8) is 0 Å². The quantitative estimate of drug-likeness (QED) is 0.670. The molecule has 4 N–H and O–H groups in total. The van der Waals surface area contributed by atoms with Crippen molar-refractivity contribution in [1.82, 2.24) is 0 Å². The van der Waals surface area contributed by atoms with Crippen LogP contribution in [-0.2, 0) is 0 Å². The van der Waals surface area contributed by atoms with Crippen LogP contribution in [0.5, 0.6) is 0 Å². The summed E-state index contributed by atoms with van der Waals surface area (Å²) in [5.41, 5.74) is 20.3. The first-order valence-electron chi connectivity index (χ1n) is 8.15. The van der Waals surface area contributed by atoms with Gasteiger partial charge in [0, 0.05) is 16.9 Å². The van der Waals surface area contributed by atoms with Crippen LogP contribution in [0.1, 0.15) is 77.5 Å². The Morgan fingerprint density at radius 2 is 1.32 bits per heavy atom. The maximum Gasteiger partial charge on any atom is 0.0444 e. The highest BCUT2D eigenvalue weighted by molar-refractivity contribution is 5.82. The highest BCUT2D eigenvalue weighted by Crippen LogP contribution is 2.38. The van der Waals surface area contributed by atoms with Gasteiger partial charge in [-0.05, 0) is 63.1 Å². The first-order valence-corrected chi connectivity index (χ1v) is 8.15. The summed E-state index contributed by atoms with van der Waals surface area (Å²) in [6.07, 6.45) is 5.37. The molecule has 0 fully saturated rings. The van der Waals surface area contributed by atoms with Gasteiger partial charge in [0.1, 0.15) is 0 Å². The number of rotatable bonds is 5. The average Bonchev–Trinajstić information content (AvgIpc) is 2.33. The zero-order valence-electron chi connectivity index (χ0n) is 15.2. The molecule has 0 bridgehead atoms. The van der Waals surface area contributed by atoms with Crippen LogP contribution in [0.25, 0.3) is 12.2 Å². The number of allylic oxidation sites excluding steroid dienone is 2. The van der Waals surface area contributed by atoms with Crippen molar-refractivity contribution in [3.8, 4) is 0 Å². The van der Waals surface area contributed by atoms with E-state index >= 15 is 0 Å². The van der Waals surface area contributed by atoms with Gasteiger partial charge in [-0.3, -0.25) is 0 Å². The molecule has 0 heterocycles. The van der Waals surface area contributed by atoms with E-state index in [0.717, 1.165) is 34.5 Å². The van der Waals surface area contributed by atoms with E-state index in [1.807, 2.05) is 0 Å².